The highest BCUT2D eigenvalue weighted by molar-refractivity contribution is 5.81. The van der Waals surface area contributed by atoms with E-state index in [4.69, 9.17) is 0 Å². The van der Waals surface area contributed by atoms with Gasteiger partial charge in [0.1, 0.15) is 0 Å². The summed E-state index contributed by atoms with van der Waals surface area (Å²) in [5.74, 6) is 0.437. The van der Waals surface area contributed by atoms with E-state index in [2.05, 4.69) is 29.2 Å². The number of hydrogen-bond donors (Lipinski definition) is 0. The first-order valence-corrected chi connectivity index (χ1v) is 9.81. The minimum absolute atomic E-state index is 0.0133. The van der Waals surface area contributed by atoms with Gasteiger partial charge >= 0.3 is 0 Å². The van der Waals surface area contributed by atoms with Crippen LogP contribution in [0.25, 0.3) is 0 Å². The molecule has 0 radical (unpaired) electrons. The van der Waals surface area contributed by atoms with E-state index >= 15 is 0 Å². The van der Waals surface area contributed by atoms with Gasteiger partial charge in [0, 0.05) is 32.1 Å². The summed E-state index contributed by atoms with van der Waals surface area (Å²) in [7, 11) is 0. The second-order valence-corrected chi connectivity index (χ2v) is 7.40. The van der Waals surface area contributed by atoms with Crippen LogP contribution in [0.3, 0.4) is 0 Å². The van der Waals surface area contributed by atoms with Crippen molar-refractivity contribution in [3.63, 3.8) is 0 Å². The molecular formula is C21H30N2O2. The van der Waals surface area contributed by atoms with E-state index in [1.54, 1.807) is 0 Å². The van der Waals surface area contributed by atoms with Gasteiger partial charge in [-0.1, -0.05) is 37.3 Å². The van der Waals surface area contributed by atoms with Crippen LogP contribution in [0.2, 0.25) is 0 Å². The molecule has 0 unspecified atom stereocenters. The molecule has 0 spiro atoms. The minimum Gasteiger partial charge on any atom is -0.342 e. The second kappa shape index (κ2) is 8.50. The molecule has 4 heteroatoms. The van der Waals surface area contributed by atoms with Gasteiger partial charge in [-0.25, -0.2) is 0 Å². The maximum atomic E-state index is 13.2. The van der Waals surface area contributed by atoms with Gasteiger partial charge in [0.15, 0.2) is 0 Å². The molecule has 2 saturated heterocycles. The lowest BCUT2D eigenvalue weighted by Crippen LogP contribution is -2.51. The first kappa shape index (κ1) is 18.0. The Morgan fingerprint density at radius 3 is 2.60 bits per heavy atom. The molecule has 0 aliphatic carbocycles. The van der Waals surface area contributed by atoms with Crippen molar-refractivity contribution in [3.05, 3.63) is 35.9 Å². The van der Waals surface area contributed by atoms with Crippen LogP contribution in [0.15, 0.2) is 30.3 Å². The van der Waals surface area contributed by atoms with Crippen molar-refractivity contribution in [2.75, 3.05) is 19.6 Å². The highest BCUT2D eigenvalue weighted by Gasteiger charge is 2.34. The normalized spacial score (nSPS) is 24.2. The number of hydrogen-bond acceptors (Lipinski definition) is 2. The summed E-state index contributed by atoms with van der Waals surface area (Å²) in [6.07, 6.45) is 6.72. The molecule has 0 saturated carbocycles. The predicted octanol–water partition coefficient (Wildman–Crippen LogP) is 3.26. The molecule has 2 aliphatic heterocycles. The lowest BCUT2D eigenvalue weighted by molar-refractivity contribution is -0.143. The Kier molecular flexibility index (Phi) is 6.11. The van der Waals surface area contributed by atoms with Gasteiger partial charge in [-0.3, -0.25) is 9.59 Å². The van der Waals surface area contributed by atoms with Gasteiger partial charge in [0.2, 0.25) is 11.8 Å². The fraction of sp³-hybridized carbons (Fsp3) is 0.619. The van der Waals surface area contributed by atoms with Crippen LogP contribution in [0, 0.1) is 5.92 Å². The highest BCUT2D eigenvalue weighted by atomic mass is 16.2. The summed E-state index contributed by atoms with van der Waals surface area (Å²) in [5, 5.41) is 0. The van der Waals surface area contributed by atoms with Crippen LogP contribution in [-0.2, 0) is 16.0 Å². The largest absolute Gasteiger partial charge is 0.342 e. The molecule has 4 nitrogen and oxygen atoms in total. The van der Waals surface area contributed by atoms with Gasteiger partial charge in [0.05, 0.1) is 5.92 Å². The second-order valence-electron chi connectivity index (χ2n) is 7.40. The Labute approximate surface area is 151 Å². The molecule has 2 atom stereocenters. The number of nitrogens with zero attached hydrogens (tertiary/aromatic N) is 2. The first-order chi connectivity index (χ1) is 12.2. The molecule has 2 amide bonds. The molecule has 0 bridgehead atoms. The maximum Gasteiger partial charge on any atom is 0.227 e. The standard InChI is InChI=1S/C21H30N2O2/c1-2-20(24)22-13-8-11-18(16-22)21(25)23-14-7-6-12-19(23)15-17-9-4-3-5-10-17/h3-5,9-10,18-19H,2,6-8,11-16H2,1H3/t18-,19+/m1/s1. The van der Waals surface area contributed by atoms with Crippen LogP contribution in [0.1, 0.15) is 51.0 Å². The molecule has 1 aromatic carbocycles. The van der Waals surface area contributed by atoms with Crippen molar-refractivity contribution >= 4 is 11.8 Å². The number of likely N-dealkylation sites (tertiary alicyclic amines) is 2. The van der Waals surface area contributed by atoms with Crippen molar-refractivity contribution in [2.24, 2.45) is 5.92 Å². The monoisotopic (exact) mass is 342 g/mol. The van der Waals surface area contributed by atoms with Crippen molar-refractivity contribution in [2.45, 2.75) is 57.9 Å². The summed E-state index contributed by atoms with van der Waals surface area (Å²) < 4.78 is 0. The minimum atomic E-state index is -0.0133. The van der Waals surface area contributed by atoms with E-state index < -0.39 is 0 Å². The van der Waals surface area contributed by atoms with Gasteiger partial charge in [-0.15, -0.1) is 0 Å². The van der Waals surface area contributed by atoms with E-state index in [-0.39, 0.29) is 17.7 Å². The number of carbonyl (C=O) groups is 2. The smallest absolute Gasteiger partial charge is 0.227 e. The Morgan fingerprint density at radius 1 is 1.04 bits per heavy atom. The van der Waals surface area contributed by atoms with Crippen LogP contribution in [0.4, 0.5) is 0 Å². The maximum absolute atomic E-state index is 13.2. The highest BCUT2D eigenvalue weighted by Crippen LogP contribution is 2.26. The molecule has 3 rings (SSSR count). The fourth-order valence-corrected chi connectivity index (χ4v) is 4.25. The number of amides is 2. The van der Waals surface area contributed by atoms with Gasteiger partial charge in [-0.2, -0.15) is 0 Å². The lowest BCUT2D eigenvalue weighted by Gasteiger charge is -2.40. The lowest BCUT2D eigenvalue weighted by atomic mass is 9.91. The van der Waals surface area contributed by atoms with Gasteiger partial charge < -0.3 is 9.80 Å². The third kappa shape index (κ3) is 4.42. The van der Waals surface area contributed by atoms with Gasteiger partial charge in [-0.05, 0) is 44.1 Å². The summed E-state index contributed by atoms with van der Waals surface area (Å²) in [5.41, 5.74) is 1.30. The number of piperidine rings is 2. The zero-order valence-corrected chi connectivity index (χ0v) is 15.3. The Balaban J connectivity index is 1.67. The molecular weight excluding hydrogens is 312 g/mol. The van der Waals surface area contributed by atoms with E-state index in [1.165, 1.54) is 12.0 Å². The third-order valence-electron chi connectivity index (χ3n) is 5.65. The predicted molar refractivity (Wildman–Crippen MR) is 99.1 cm³/mol. The average Bonchev–Trinajstić information content (AvgIpc) is 2.68. The number of benzene rings is 1. The first-order valence-electron chi connectivity index (χ1n) is 9.81. The average molecular weight is 342 g/mol. The SMILES string of the molecule is CCC(=O)N1CCC[C@@H](C(=O)N2CCCC[C@H]2Cc2ccccc2)C1. The molecule has 2 heterocycles. The molecule has 25 heavy (non-hydrogen) atoms. The topological polar surface area (TPSA) is 40.6 Å². The molecule has 136 valence electrons. The molecule has 2 aliphatic rings. The van der Waals surface area contributed by atoms with Crippen LogP contribution < -0.4 is 0 Å². The Hall–Kier alpha value is -1.84. The fourth-order valence-electron chi connectivity index (χ4n) is 4.25. The van der Waals surface area contributed by atoms with Crippen LogP contribution in [0.5, 0.6) is 0 Å². The van der Waals surface area contributed by atoms with E-state index in [9.17, 15) is 9.59 Å². The number of carbonyl (C=O) groups excluding carboxylic acids is 2. The van der Waals surface area contributed by atoms with Gasteiger partial charge in [0.25, 0.3) is 0 Å². The molecule has 0 N–H and O–H groups in total. The van der Waals surface area contributed by atoms with Crippen molar-refractivity contribution in [1.82, 2.24) is 9.80 Å². The Bertz CT molecular complexity index is 587. The van der Waals surface area contributed by atoms with Crippen LogP contribution >= 0.6 is 0 Å². The summed E-state index contributed by atoms with van der Waals surface area (Å²) in [6.45, 7) is 4.19. The van der Waals surface area contributed by atoms with E-state index in [0.29, 0.717) is 19.0 Å². The van der Waals surface area contributed by atoms with Crippen molar-refractivity contribution < 1.29 is 9.59 Å². The summed E-state index contributed by atoms with van der Waals surface area (Å²) in [6, 6.07) is 10.8. The molecule has 2 fully saturated rings. The zero-order chi connectivity index (χ0) is 17.6. The van der Waals surface area contributed by atoms with Crippen molar-refractivity contribution in [1.29, 1.82) is 0 Å². The third-order valence-corrected chi connectivity index (χ3v) is 5.65. The molecule has 0 aromatic heterocycles. The van der Waals surface area contributed by atoms with E-state index in [0.717, 1.165) is 45.2 Å². The van der Waals surface area contributed by atoms with Crippen molar-refractivity contribution in [3.8, 4) is 0 Å². The summed E-state index contributed by atoms with van der Waals surface area (Å²) in [4.78, 5) is 29.2. The van der Waals surface area contributed by atoms with E-state index in [1.807, 2.05) is 17.9 Å². The number of rotatable bonds is 4. The zero-order valence-electron chi connectivity index (χ0n) is 15.3. The van der Waals surface area contributed by atoms with Crippen LogP contribution in [-0.4, -0.2) is 47.3 Å². The quantitative estimate of drug-likeness (QED) is 0.843. The Morgan fingerprint density at radius 2 is 1.84 bits per heavy atom. The molecule has 1 aromatic rings. The summed E-state index contributed by atoms with van der Waals surface area (Å²) >= 11 is 0.